The monoisotopic (exact) mass is 138 g/mol. The molecule has 0 atom stereocenters. The topological polar surface area (TPSA) is 78.8 Å². The van der Waals surface area contributed by atoms with Crippen LogP contribution in [0, 0.1) is 5.21 Å². The van der Waals surface area contributed by atoms with Crippen LogP contribution in [0.25, 0.3) is 11.3 Å². The van der Waals surface area contributed by atoms with Crippen molar-refractivity contribution < 1.29 is 9.53 Å². The van der Waals surface area contributed by atoms with E-state index in [1.807, 2.05) is 0 Å². The molecule has 0 aliphatic heterocycles. The van der Waals surface area contributed by atoms with Gasteiger partial charge in [-0.1, -0.05) is 4.90 Å². The van der Waals surface area contributed by atoms with Crippen LogP contribution in [0.5, 0.6) is 0 Å². The predicted octanol–water partition coefficient (Wildman–Crippen LogP) is -0.749. The zero-order valence-electron chi connectivity index (χ0n) is 4.76. The van der Waals surface area contributed by atoms with E-state index in [4.69, 9.17) is 0 Å². The third-order valence-electron chi connectivity index (χ3n) is 1.03. The Morgan fingerprint density at radius 3 is 3.00 bits per heavy atom. The Bertz CT molecular complexity index is 357. The quantitative estimate of drug-likeness (QED) is 0.447. The summed E-state index contributed by atoms with van der Waals surface area (Å²) in [6.07, 6.45) is 2.83. The van der Waals surface area contributed by atoms with Gasteiger partial charge in [-0.3, -0.25) is 0 Å². The average Bonchev–Trinajstić information content (AvgIpc) is 2.34. The van der Waals surface area contributed by atoms with Crippen molar-refractivity contribution in [3.8, 4) is 0 Å². The van der Waals surface area contributed by atoms with Gasteiger partial charge in [0.25, 0.3) is 0 Å². The maximum Gasteiger partial charge on any atom is 0.362 e. The van der Waals surface area contributed by atoms with E-state index in [9.17, 15) is 5.21 Å². The highest BCUT2D eigenvalue weighted by Gasteiger charge is 2.08. The fourth-order valence-corrected chi connectivity index (χ4v) is 0.631. The molecule has 2 aromatic rings. The molecule has 50 valence electrons. The molecule has 0 spiro atoms. The summed E-state index contributed by atoms with van der Waals surface area (Å²) in [7, 11) is 0. The number of nitrogens with zero attached hydrogens (tertiary/aromatic N) is 4. The summed E-state index contributed by atoms with van der Waals surface area (Å²) in [6.45, 7) is 0. The van der Waals surface area contributed by atoms with Gasteiger partial charge < -0.3 is 9.84 Å². The van der Waals surface area contributed by atoms with E-state index in [1.165, 1.54) is 12.4 Å². The van der Waals surface area contributed by atoms with Crippen molar-refractivity contribution in [2.45, 2.75) is 0 Å². The van der Waals surface area contributed by atoms with Crippen LogP contribution in [0.1, 0.15) is 0 Å². The van der Waals surface area contributed by atoms with Crippen molar-refractivity contribution in [1.82, 2.24) is 15.1 Å². The van der Waals surface area contributed by atoms with Crippen LogP contribution in [0.2, 0.25) is 0 Å². The molecule has 0 unspecified atom stereocenters. The zero-order valence-corrected chi connectivity index (χ0v) is 4.76. The molecule has 0 saturated carbocycles. The summed E-state index contributed by atoms with van der Waals surface area (Å²) >= 11 is 0. The van der Waals surface area contributed by atoms with Crippen molar-refractivity contribution in [2.75, 3.05) is 0 Å². The number of rotatable bonds is 0. The van der Waals surface area contributed by atoms with Gasteiger partial charge in [0.2, 0.25) is 0 Å². The van der Waals surface area contributed by atoms with Gasteiger partial charge in [-0.2, -0.15) is 0 Å². The highest BCUT2D eigenvalue weighted by atomic mass is 16.8. The van der Waals surface area contributed by atoms with E-state index in [1.54, 1.807) is 0 Å². The fraction of sp³-hybridized carbons (Fsp3) is 0. The third-order valence-corrected chi connectivity index (χ3v) is 1.03. The molecule has 0 saturated heterocycles. The summed E-state index contributed by atoms with van der Waals surface area (Å²) in [5.41, 5.74) is 0.319. The Balaban J connectivity index is 2.93. The maximum atomic E-state index is 10.6. The number of hydrogen-bond acceptors (Lipinski definition) is 5. The van der Waals surface area contributed by atoms with Crippen LogP contribution < -0.4 is 4.90 Å². The first-order chi connectivity index (χ1) is 4.88. The lowest BCUT2D eigenvalue weighted by molar-refractivity contribution is -0.783. The molecule has 0 aliphatic carbocycles. The molecule has 0 bridgehead atoms. The van der Waals surface area contributed by atoms with Crippen LogP contribution >= 0.6 is 0 Å². The number of hydrogen-bond donors (Lipinski definition) is 0. The van der Waals surface area contributed by atoms with E-state index < -0.39 is 0 Å². The second-order valence-electron chi connectivity index (χ2n) is 1.63. The highest BCUT2D eigenvalue weighted by molar-refractivity contribution is 5.57. The van der Waals surface area contributed by atoms with Crippen LogP contribution in [0.4, 0.5) is 0 Å². The Morgan fingerprint density at radius 2 is 2.20 bits per heavy atom. The molecule has 6 heteroatoms. The first-order valence-corrected chi connectivity index (χ1v) is 2.54. The lowest BCUT2D eigenvalue weighted by Gasteiger charge is -1.81. The van der Waals surface area contributed by atoms with E-state index in [-0.39, 0.29) is 16.2 Å². The first kappa shape index (κ1) is 5.10. The Kier molecular flexibility index (Phi) is 0.830. The lowest BCUT2D eigenvalue weighted by atomic mass is 10.7. The highest BCUT2D eigenvalue weighted by Crippen LogP contribution is 1.95. The largest absolute Gasteiger partial charge is 0.391 e. The zero-order chi connectivity index (χ0) is 6.97. The molecule has 0 N–H and O–H groups in total. The summed E-state index contributed by atoms with van der Waals surface area (Å²) in [4.78, 5) is 7.60. The van der Waals surface area contributed by atoms with Gasteiger partial charge in [0, 0.05) is 0 Å². The van der Waals surface area contributed by atoms with E-state index >= 15 is 0 Å². The predicted molar refractivity (Wildman–Crippen MR) is 28.6 cm³/mol. The number of aromatic nitrogens is 4. The molecule has 2 heterocycles. The van der Waals surface area contributed by atoms with Crippen molar-refractivity contribution in [1.29, 1.82) is 0 Å². The first-order valence-electron chi connectivity index (χ1n) is 2.54. The standard InChI is InChI=1S/C4H2N4O2/c9-8-4-3(7-10-8)5-1-2-6-4/h1-2H. The third kappa shape index (κ3) is 0.524. The second kappa shape index (κ2) is 1.63. The summed E-state index contributed by atoms with van der Waals surface area (Å²) in [5, 5.41) is 13.9. The number of fused-ring (bicyclic) bond motifs is 1. The normalized spacial score (nSPS) is 10.4. The SMILES string of the molecule is [O-][n+]1onc2nccnc21. The molecule has 10 heavy (non-hydrogen) atoms. The van der Waals surface area contributed by atoms with Gasteiger partial charge in [-0.15, -0.1) is 4.98 Å². The van der Waals surface area contributed by atoms with Crippen molar-refractivity contribution in [3.05, 3.63) is 17.6 Å². The molecular formula is C4H2N4O2. The molecule has 2 aromatic heterocycles. The molecule has 0 aromatic carbocycles. The van der Waals surface area contributed by atoms with E-state index in [2.05, 4.69) is 19.8 Å². The minimum absolute atomic E-state index is 0.0995. The molecule has 0 amide bonds. The molecule has 2 rings (SSSR count). The second-order valence-corrected chi connectivity index (χ2v) is 1.63. The Labute approximate surface area is 54.6 Å². The van der Waals surface area contributed by atoms with Gasteiger partial charge >= 0.3 is 11.3 Å². The Morgan fingerprint density at radius 1 is 1.40 bits per heavy atom. The lowest BCUT2D eigenvalue weighted by Crippen LogP contribution is -2.23. The molecule has 0 fully saturated rings. The molecular weight excluding hydrogens is 136 g/mol. The van der Waals surface area contributed by atoms with Gasteiger partial charge in [-0.05, 0) is 5.16 Å². The smallest absolute Gasteiger partial charge is 0.362 e. The Hall–Kier alpha value is -1.72. The van der Waals surface area contributed by atoms with E-state index in [0.29, 0.717) is 0 Å². The molecule has 0 aliphatic rings. The van der Waals surface area contributed by atoms with Crippen molar-refractivity contribution >= 4 is 11.3 Å². The van der Waals surface area contributed by atoms with Crippen LogP contribution in [0.3, 0.4) is 0 Å². The average molecular weight is 138 g/mol. The van der Waals surface area contributed by atoms with Crippen LogP contribution in [-0.4, -0.2) is 15.1 Å². The van der Waals surface area contributed by atoms with Crippen LogP contribution in [0.15, 0.2) is 17.0 Å². The van der Waals surface area contributed by atoms with Crippen molar-refractivity contribution in [3.63, 3.8) is 0 Å². The van der Waals surface area contributed by atoms with Gasteiger partial charge in [-0.25, -0.2) is 4.98 Å². The maximum absolute atomic E-state index is 10.6. The molecule has 0 radical (unpaired) electrons. The van der Waals surface area contributed by atoms with Crippen LogP contribution in [-0.2, 0) is 0 Å². The fourth-order valence-electron chi connectivity index (χ4n) is 0.631. The minimum atomic E-state index is 0.0995. The summed E-state index contributed by atoms with van der Waals surface area (Å²) in [5.74, 6) is 0. The minimum Gasteiger partial charge on any atom is -0.391 e. The van der Waals surface area contributed by atoms with Gasteiger partial charge in [0.15, 0.2) is 0 Å². The van der Waals surface area contributed by atoms with Gasteiger partial charge in [0.1, 0.15) is 6.20 Å². The van der Waals surface area contributed by atoms with Gasteiger partial charge in [0.05, 0.1) is 6.20 Å². The molecule has 6 nitrogen and oxygen atoms in total. The summed E-state index contributed by atoms with van der Waals surface area (Å²) in [6, 6.07) is 0. The summed E-state index contributed by atoms with van der Waals surface area (Å²) < 4.78 is 4.20. The van der Waals surface area contributed by atoms with Crippen molar-refractivity contribution in [2.24, 2.45) is 0 Å². The van der Waals surface area contributed by atoms with E-state index in [0.717, 1.165) is 0 Å².